The predicted molar refractivity (Wildman–Crippen MR) is 106 cm³/mol. The van der Waals surface area contributed by atoms with E-state index in [1.807, 2.05) is 13.8 Å². The van der Waals surface area contributed by atoms with Crippen molar-refractivity contribution in [2.45, 2.75) is 26.0 Å². The summed E-state index contributed by atoms with van der Waals surface area (Å²) in [6, 6.07) is 10.6. The van der Waals surface area contributed by atoms with Crippen LogP contribution in [0.4, 0.5) is 27.5 Å². The van der Waals surface area contributed by atoms with Gasteiger partial charge in [-0.3, -0.25) is 5.10 Å². The highest BCUT2D eigenvalue weighted by Crippen LogP contribution is 2.26. The largest absolute Gasteiger partial charge is 0.474 e. The number of aliphatic hydroxyl groups is 1. The van der Waals surface area contributed by atoms with Gasteiger partial charge in [-0.05, 0) is 43.7 Å². The first-order chi connectivity index (χ1) is 13.4. The number of aromatic nitrogens is 3. The molecule has 0 fully saturated rings. The maximum absolute atomic E-state index is 13.1. The van der Waals surface area contributed by atoms with Gasteiger partial charge in [-0.15, -0.1) is 5.10 Å². The number of nitrogens with two attached hydrogens (primary N) is 1. The van der Waals surface area contributed by atoms with Crippen molar-refractivity contribution in [2.24, 2.45) is 0 Å². The Labute approximate surface area is 162 Å². The van der Waals surface area contributed by atoms with Gasteiger partial charge in [0.25, 0.3) is 0 Å². The number of nitrogens with one attached hydrogen (secondary N) is 3. The number of halogens is 1. The molecule has 2 aromatic heterocycles. The lowest BCUT2D eigenvalue weighted by molar-refractivity contribution is 0.232. The predicted octanol–water partition coefficient (Wildman–Crippen LogP) is 3.20. The van der Waals surface area contributed by atoms with Gasteiger partial charge < -0.3 is 26.2 Å². The molecule has 28 heavy (non-hydrogen) atoms. The van der Waals surface area contributed by atoms with Crippen LogP contribution in [0.5, 0.6) is 5.88 Å². The van der Waals surface area contributed by atoms with Crippen molar-refractivity contribution < 1.29 is 14.2 Å². The number of aliphatic hydroxyl groups excluding tert-OH is 1. The number of hydrogen-bond acceptors (Lipinski definition) is 7. The van der Waals surface area contributed by atoms with E-state index >= 15 is 0 Å². The Kier molecular flexibility index (Phi) is 5.95. The molecule has 0 spiro atoms. The molecule has 148 valence electrons. The average Bonchev–Trinajstić information content (AvgIpc) is 3.09. The molecule has 9 heteroatoms. The molecule has 1 unspecified atom stereocenters. The molecular weight excluding hydrogens is 363 g/mol. The number of nitrogens with zero attached hydrogens (tertiary/aromatic N) is 2. The van der Waals surface area contributed by atoms with Crippen LogP contribution in [0.1, 0.15) is 25.5 Å². The van der Waals surface area contributed by atoms with Gasteiger partial charge in [0.05, 0.1) is 24.4 Å². The highest BCUT2D eigenvalue weighted by atomic mass is 19.1. The Morgan fingerprint density at radius 1 is 1.21 bits per heavy atom. The highest BCUT2D eigenvalue weighted by molar-refractivity contribution is 5.69. The quantitative estimate of drug-likeness (QED) is 0.403. The lowest BCUT2D eigenvalue weighted by Crippen LogP contribution is -2.16. The van der Waals surface area contributed by atoms with Gasteiger partial charge in [0, 0.05) is 6.07 Å². The number of aromatic amines is 1. The van der Waals surface area contributed by atoms with Crippen LogP contribution in [-0.4, -0.2) is 33.0 Å². The molecule has 0 radical (unpaired) electrons. The molecule has 6 N–H and O–H groups in total. The summed E-state index contributed by atoms with van der Waals surface area (Å²) in [5.74, 6) is 1.61. The SMILES string of the molecule is CC(C)Oc1cc(Nc2nc(NC(CO)c3ccc(F)cc3)ccc2N)[nH]n1. The topological polar surface area (TPSA) is 121 Å². The first kappa shape index (κ1) is 19.4. The fourth-order valence-electron chi connectivity index (χ4n) is 2.56. The maximum atomic E-state index is 13.1. The monoisotopic (exact) mass is 386 g/mol. The Bertz CT molecular complexity index is 913. The van der Waals surface area contributed by atoms with E-state index in [1.165, 1.54) is 12.1 Å². The first-order valence-corrected chi connectivity index (χ1v) is 8.83. The second-order valence-electron chi connectivity index (χ2n) is 6.48. The summed E-state index contributed by atoms with van der Waals surface area (Å²) in [6.45, 7) is 3.64. The summed E-state index contributed by atoms with van der Waals surface area (Å²) in [5, 5.41) is 22.7. The summed E-state index contributed by atoms with van der Waals surface area (Å²) in [6.07, 6.45) is 0.00810. The number of benzene rings is 1. The molecule has 1 aromatic carbocycles. The van der Waals surface area contributed by atoms with Crippen molar-refractivity contribution in [3.8, 4) is 5.88 Å². The van der Waals surface area contributed by atoms with E-state index < -0.39 is 6.04 Å². The molecule has 3 rings (SSSR count). The third-order valence-corrected chi connectivity index (χ3v) is 3.87. The van der Waals surface area contributed by atoms with E-state index in [9.17, 15) is 9.50 Å². The molecule has 0 amide bonds. The van der Waals surface area contributed by atoms with Crippen LogP contribution in [0, 0.1) is 5.82 Å². The van der Waals surface area contributed by atoms with E-state index in [0.29, 0.717) is 29.0 Å². The van der Waals surface area contributed by atoms with Crippen molar-refractivity contribution >= 4 is 23.1 Å². The van der Waals surface area contributed by atoms with E-state index in [-0.39, 0.29) is 18.5 Å². The summed E-state index contributed by atoms with van der Waals surface area (Å²) in [7, 11) is 0. The fourth-order valence-corrected chi connectivity index (χ4v) is 2.56. The summed E-state index contributed by atoms with van der Waals surface area (Å²) in [4.78, 5) is 4.45. The number of anilines is 4. The minimum Gasteiger partial charge on any atom is -0.474 e. The van der Waals surface area contributed by atoms with Gasteiger partial charge in [-0.2, -0.15) is 0 Å². The molecule has 2 heterocycles. The highest BCUT2D eigenvalue weighted by Gasteiger charge is 2.13. The Balaban J connectivity index is 1.75. The van der Waals surface area contributed by atoms with Crippen LogP contribution < -0.4 is 21.1 Å². The third-order valence-electron chi connectivity index (χ3n) is 3.87. The molecule has 0 aliphatic carbocycles. The number of pyridine rings is 1. The van der Waals surface area contributed by atoms with Crippen LogP contribution >= 0.6 is 0 Å². The number of nitrogen functional groups attached to an aromatic ring is 1. The minimum absolute atomic E-state index is 0.00810. The minimum atomic E-state index is -0.442. The molecular formula is C19H23FN6O2. The van der Waals surface area contributed by atoms with Gasteiger partial charge in [-0.25, -0.2) is 9.37 Å². The zero-order valence-corrected chi connectivity index (χ0v) is 15.6. The van der Waals surface area contributed by atoms with Crippen molar-refractivity contribution in [1.82, 2.24) is 15.2 Å². The van der Waals surface area contributed by atoms with Gasteiger partial charge in [0.2, 0.25) is 5.88 Å². The Morgan fingerprint density at radius 2 is 1.96 bits per heavy atom. The smallest absolute Gasteiger partial charge is 0.234 e. The standard InChI is InChI=1S/C19H23FN6O2/c1-11(2)28-18-9-17(25-26-18)24-19-14(21)7-8-16(23-19)22-15(10-27)12-3-5-13(20)6-4-12/h3-9,11,15,27H,10,21H2,1-2H3,(H3,22,23,24,25,26). The van der Waals surface area contributed by atoms with Gasteiger partial charge >= 0.3 is 0 Å². The molecule has 8 nitrogen and oxygen atoms in total. The summed E-state index contributed by atoms with van der Waals surface area (Å²) >= 11 is 0. The second-order valence-corrected chi connectivity index (χ2v) is 6.48. The van der Waals surface area contributed by atoms with Crippen molar-refractivity contribution in [1.29, 1.82) is 0 Å². The fraction of sp³-hybridized carbons (Fsp3) is 0.263. The third kappa shape index (κ3) is 4.89. The summed E-state index contributed by atoms with van der Waals surface area (Å²) < 4.78 is 18.6. The Morgan fingerprint density at radius 3 is 2.64 bits per heavy atom. The van der Waals surface area contributed by atoms with E-state index in [4.69, 9.17) is 10.5 Å². The average molecular weight is 386 g/mol. The van der Waals surface area contributed by atoms with Crippen molar-refractivity contribution in [3.63, 3.8) is 0 Å². The van der Waals surface area contributed by atoms with Crippen LogP contribution in [0.25, 0.3) is 0 Å². The van der Waals surface area contributed by atoms with E-state index in [0.717, 1.165) is 5.56 Å². The number of rotatable bonds is 8. The molecule has 0 bridgehead atoms. The van der Waals surface area contributed by atoms with E-state index in [1.54, 1.807) is 30.3 Å². The van der Waals surface area contributed by atoms with E-state index in [2.05, 4.69) is 25.8 Å². The van der Waals surface area contributed by atoms with Crippen molar-refractivity contribution in [2.75, 3.05) is 23.0 Å². The lowest BCUT2D eigenvalue weighted by atomic mass is 10.1. The number of hydrogen-bond donors (Lipinski definition) is 5. The van der Waals surface area contributed by atoms with Crippen LogP contribution in [0.15, 0.2) is 42.5 Å². The maximum Gasteiger partial charge on any atom is 0.234 e. The van der Waals surface area contributed by atoms with Gasteiger partial charge in [0.1, 0.15) is 17.5 Å². The van der Waals surface area contributed by atoms with Gasteiger partial charge in [-0.1, -0.05) is 12.1 Å². The number of H-pyrrole nitrogens is 1. The van der Waals surface area contributed by atoms with Crippen molar-refractivity contribution in [3.05, 3.63) is 53.8 Å². The van der Waals surface area contributed by atoms with Crippen LogP contribution in [0.3, 0.4) is 0 Å². The molecule has 0 saturated carbocycles. The second kappa shape index (κ2) is 8.57. The molecule has 0 aliphatic rings. The Hall–Kier alpha value is -3.33. The molecule has 1 atom stereocenters. The lowest BCUT2D eigenvalue weighted by Gasteiger charge is -2.18. The normalized spacial score (nSPS) is 12.0. The van der Waals surface area contributed by atoms with Crippen LogP contribution in [-0.2, 0) is 0 Å². The first-order valence-electron chi connectivity index (χ1n) is 8.83. The summed E-state index contributed by atoms with van der Waals surface area (Å²) in [5.41, 5.74) is 7.18. The zero-order valence-electron chi connectivity index (χ0n) is 15.6. The molecule has 3 aromatic rings. The molecule has 0 saturated heterocycles. The number of ether oxygens (including phenoxy) is 1. The van der Waals surface area contributed by atoms with Crippen LogP contribution in [0.2, 0.25) is 0 Å². The zero-order chi connectivity index (χ0) is 20.1. The van der Waals surface area contributed by atoms with Gasteiger partial charge in [0.15, 0.2) is 5.82 Å². The molecule has 0 aliphatic heterocycles.